The zero-order chi connectivity index (χ0) is 22.7. The third-order valence-electron chi connectivity index (χ3n) is 5.11. The number of rotatable bonds is 6. The second-order valence-electron chi connectivity index (χ2n) is 6.94. The summed E-state index contributed by atoms with van der Waals surface area (Å²) >= 11 is 6.48. The fourth-order valence-corrected chi connectivity index (χ4v) is 3.91. The predicted octanol–water partition coefficient (Wildman–Crippen LogP) is 6.21. The van der Waals surface area contributed by atoms with E-state index in [0.29, 0.717) is 39.0 Å². The topological polar surface area (TPSA) is 67.9 Å². The van der Waals surface area contributed by atoms with Crippen molar-refractivity contribution >= 4 is 39.6 Å². The molecule has 0 spiro atoms. The molecule has 0 amide bonds. The SMILES string of the molecule is C=CC(=O)Oc1ccccc1/C(=C(/CC)c1ccncc1Cl)c1ccc2[nH]ncc2c1F. The van der Waals surface area contributed by atoms with E-state index in [1.54, 1.807) is 54.9 Å². The number of hydrogen-bond acceptors (Lipinski definition) is 4. The Bertz CT molecular complexity index is 1360. The quantitative estimate of drug-likeness (QED) is 0.217. The van der Waals surface area contributed by atoms with Crippen LogP contribution in [-0.2, 0) is 4.79 Å². The molecule has 5 nitrogen and oxygen atoms in total. The van der Waals surface area contributed by atoms with Gasteiger partial charge in [0, 0.05) is 29.6 Å². The number of nitrogens with one attached hydrogen (secondary N) is 1. The Morgan fingerprint density at radius 1 is 1.16 bits per heavy atom. The number of carbonyl (C=O) groups excluding carboxylic acids is 1. The van der Waals surface area contributed by atoms with Crippen molar-refractivity contribution in [2.24, 2.45) is 0 Å². The molecule has 0 unspecified atom stereocenters. The number of para-hydroxylation sites is 1. The van der Waals surface area contributed by atoms with Gasteiger partial charge in [-0.1, -0.05) is 43.3 Å². The van der Waals surface area contributed by atoms with Crippen LogP contribution < -0.4 is 4.74 Å². The van der Waals surface area contributed by atoms with Crippen LogP contribution in [0.4, 0.5) is 4.39 Å². The molecular weight excluding hydrogens is 429 g/mol. The number of aromatic nitrogens is 3. The lowest BCUT2D eigenvalue weighted by Gasteiger charge is -2.19. The molecule has 0 aliphatic carbocycles. The van der Waals surface area contributed by atoms with Crippen LogP contribution >= 0.6 is 11.6 Å². The number of halogens is 2. The molecule has 160 valence electrons. The molecule has 4 rings (SSSR count). The summed E-state index contributed by atoms with van der Waals surface area (Å²) in [6, 6.07) is 12.2. The van der Waals surface area contributed by atoms with Gasteiger partial charge in [-0.3, -0.25) is 10.1 Å². The fourth-order valence-electron chi connectivity index (χ4n) is 3.68. The van der Waals surface area contributed by atoms with Crippen molar-refractivity contribution < 1.29 is 13.9 Å². The van der Waals surface area contributed by atoms with E-state index < -0.39 is 11.8 Å². The number of carbonyl (C=O) groups is 1. The molecule has 7 heteroatoms. The van der Waals surface area contributed by atoms with Crippen LogP contribution in [0, 0.1) is 5.82 Å². The average molecular weight is 448 g/mol. The highest BCUT2D eigenvalue weighted by Gasteiger charge is 2.23. The van der Waals surface area contributed by atoms with Gasteiger partial charge in [0.15, 0.2) is 0 Å². The molecule has 0 atom stereocenters. The van der Waals surface area contributed by atoms with E-state index in [9.17, 15) is 4.79 Å². The van der Waals surface area contributed by atoms with Crippen LogP contribution in [0.3, 0.4) is 0 Å². The lowest BCUT2D eigenvalue weighted by Crippen LogP contribution is -2.07. The van der Waals surface area contributed by atoms with Crippen LogP contribution in [0.25, 0.3) is 22.0 Å². The van der Waals surface area contributed by atoms with Gasteiger partial charge in [0.25, 0.3) is 0 Å². The molecule has 0 aliphatic rings. The molecule has 4 aromatic rings. The van der Waals surface area contributed by atoms with Crippen molar-refractivity contribution in [1.29, 1.82) is 0 Å². The molecule has 2 aromatic heterocycles. The maximum atomic E-state index is 15.7. The van der Waals surface area contributed by atoms with E-state index in [4.69, 9.17) is 16.3 Å². The second kappa shape index (κ2) is 9.16. The molecule has 0 saturated heterocycles. The standard InChI is InChI=1S/C25H19ClFN3O2/c1-3-15(16-11-12-28-14-20(16)26)24(17-7-5-6-8-22(17)32-23(31)4-2)18-9-10-21-19(25(18)27)13-29-30-21/h4-14H,2-3H2,1H3,(H,29,30)/b24-15+. The van der Waals surface area contributed by atoms with Gasteiger partial charge in [-0.15, -0.1) is 0 Å². The summed E-state index contributed by atoms with van der Waals surface area (Å²) in [6.45, 7) is 5.42. The summed E-state index contributed by atoms with van der Waals surface area (Å²) < 4.78 is 21.2. The lowest BCUT2D eigenvalue weighted by atomic mass is 9.87. The Kier molecular flexibility index (Phi) is 6.14. The number of allylic oxidation sites excluding steroid dienone is 1. The highest BCUT2D eigenvalue weighted by Crippen LogP contribution is 2.41. The maximum absolute atomic E-state index is 15.7. The normalized spacial score (nSPS) is 11.8. The Labute approximate surface area is 189 Å². The third kappa shape index (κ3) is 3.92. The Hall–Kier alpha value is -3.77. The van der Waals surface area contributed by atoms with E-state index >= 15 is 4.39 Å². The van der Waals surface area contributed by atoms with Crippen molar-refractivity contribution in [1.82, 2.24) is 15.2 Å². The number of benzene rings is 2. The minimum atomic E-state index is -0.609. The molecule has 0 fully saturated rings. The molecule has 2 heterocycles. The number of H-pyrrole nitrogens is 1. The smallest absolute Gasteiger partial charge is 0.335 e. The first-order chi connectivity index (χ1) is 15.5. The minimum absolute atomic E-state index is 0.287. The fraction of sp³-hybridized carbons (Fsp3) is 0.0800. The minimum Gasteiger partial charge on any atom is -0.423 e. The highest BCUT2D eigenvalue weighted by molar-refractivity contribution is 6.32. The van der Waals surface area contributed by atoms with Crippen LogP contribution in [0.15, 0.2) is 73.7 Å². The number of ether oxygens (including phenoxy) is 1. The Balaban J connectivity index is 2.09. The van der Waals surface area contributed by atoms with Gasteiger partial charge in [-0.25, -0.2) is 9.18 Å². The monoisotopic (exact) mass is 447 g/mol. The van der Waals surface area contributed by atoms with Gasteiger partial charge in [-0.2, -0.15) is 5.10 Å². The van der Waals surface area contributed by atoms with E-state index in [0.717, 1.165) is 17.2 Å². The number of nitrogens with zero attached hydrogens (tertiary/aromatic N) is 2. The van der Waals surface area contributed by atoms with Gasteiger partial charge in [0.2, 0.25) is 0 Å². The van der Waals surface area contributed by atoms with E-state index in [-0.39, 0.29) is 5.75 Å². The summed E-state index contributed by atoms with van der Waals surface area (Å²) in [5, 5.41) is 7.52. The van der Waals surface area contributed by atoms with Crippen molar-refractivity contribution in [3.63, 3.8) is 0 Å². The average Bonchev–Trinajstić information content (AvgIpc) is 3.29. The van der Waals surface area contributed by atoms with Crippen LogP contribution in [0.1, 0.15) is 30.0 Å². The van der Waals surface area contributed by atoms with E-state index in [1.807, 2.05) is 6.92 Å². The first kappa shape index (κ1) is 21.5. The van der Waals surface area contributed by atoms with Gasteiger partial charge in [-0.05, 0) is 47.4 Å². The van der Waals surface area contributed by atoms with Gasteiger partial charge < -0.3 is 4.74 Å². The third-order valence-corrected chi connectivity index (χ3v) is 5.42. The van der Waals surface area contributed by atoms with Crippen LogP contribution in [-0.4, -0.2) is 21.2 Å². The van der Waals surface area contributed by atoms with Crippen molar-refractivity contribution in [2.45, 2.75) is 13.3 Å². The van der Waals surface area contributed by atoms with Crippen LogP contribution in [0.5, 0.6) is 5.75 Å². The summed E-state index contributed by atoms with van der Waals surface area (Å²) in [7, 11) is 0. The first-order valence-corrected chi connectivity index (χ1v) is 10.3. The number of esters is 1. The molecule has 0 radical (unpaired) electrons. The molecule has 1 N–H and O–H groups in total. The molecule has 32 heavy (non-hydrogen) atoms. The number of aromatic amines is 1. The van der Waals surface area contributed by atoms with Gasteiger partial charge in [0.1, 0.15) is 11.6 Å². The lowest BCUT2D eigenvalue weighted by molar-refractivity contribution is -0.128. The van der Waals surface area contributed by atoms with Gasteiger partial charge in [0.05, 0.1) is 22.1 Å². The highest BCUT2D eigenvalue weighted by atomic mass is 35.5. The summed E-state index contributed by atoms with van der Waals surface area (Å²) in [4.78, 5) is 16.1. The van der Waals surface area contributed by atoms with Crippen molar-refractivity contribution in [3.05, 3.63) is 101 Å². The summed E-state index contributed by atoms with van der Waals surface area (Å²) in [5.41, 5.74) is 3.53. The predicted molar refractivity (Wildman–Crippen MR) is 124 cm³/mol. The van der Waals surface area contributed by atoms with E-state index in [2.05, 4.69) is 21.8 Å². The molecule has 0 aliphatic heterocycles. The zero-order valence-electron chi connectivity index (χ0n) is 17.2. The Morgan fingerprint density at radius 2 is 1.97 bits per heavy atom. The maximum Gasteiger partial charge on any atom is 0.335 e. The number of hydrogen-bond donors (Lipinski definition) is 1. The van der Waals surface area contributed by atoms with E-state index in [1.165, 1.54) is 6.20 Å². The van der Waals surface area contributed by atoms with Gasteiger partial charge >= 0.3 is 5.97 Å². The molecular formula is C25H19ClFN3O2. The second-order valence-corrected chi connectivity index (χ2v) is 7.35. The zero-order valence-corrected chi connectivity index (χ0v) is 18.0. The molecule has 2 aromatic carbocycles. The van der Waals surface area contributed by atoms with Crippen molar-refractivity contribution in [2.75, 3.05) is 0 Å². The number of fused-ring (bicyclic) bond motifs is 1. The summed E-state index contributed by atoms with van der Waals surface area (Å²) in [6.07, 6.45) is 6.24. The summed E-state index contributed by atoms with van der Waals surface area (Å²) in [5.74, 6) is -0.759. The first-order valence-electron chi connectivity index (χ1n) is 9.93. The molecule has 0 saturated carbocycles. The largest absolute Gasteiger partial charge is 0.423 e. The Morgan fingerprint density at radius 3 is 2.72 bits per heavy atom. The van der Waals surface area contributed by atoms with Crippen molar-refractivity contribution in [3.8, 4) is 5.75 Å². The van der Waals surface area contributed by atoms with Crippen LogP contribution in [0.2, 0.25) is 5.02 Å². The molecule has 0 bridgehead atoms. The number of pyridine rings is 1.